The second-order valence-electron chi connectivity index (χ2n) is 5.02. The van der Waals surface area contributed by atoms with E-state index in [0.717, 1.165) is 35.9 Å². The van der Waals surface area contributed by atoms with Gasteiger partial charge in [-0.05, 0) is 18.8 Å². The van der Waals surface area contributed by atoms with Crippen LogP contribution >= 0.6 is 11.3 Å². The SMILES string of the molecule is NCc1cnc(N2CCC3NC(=O)CCC3C2)s1. The Morgan fingerprint density at radius 3 is 3.22 bits per heavy atom. The number of rotatable bonds is 2. The lowest BCUT2D eigenvalue weighted by atomic mass is 9.85. The maximum atomic E-state index is 11.4. The highest BCUT2D eigenvalue weighted by Gasteiger charge is 2.34. The van der Waals surface area contributed by atoms with Crippen LogP contribution in [0, 0.1) is 5.92 Å². The van der Waals surface area contributed by atoms with Gasteiger partial charge in [0.25, 0.3) is 0 Å². The van der Waals surface area contributed by atoms with Crippen LogP contribution in [-0.2, 0) is 11.3 Å². The van der Waals surface area contributed by atoms with Crippen LogP contribution in [0.3, 0.4) is 0 Å². The van der Waals surface area contributed by atoms with Crippen LogP contribution < -0.4 is 16.0 Å². The average molecular weight is 266 g/mol. The van der Waals surface area contributed by atoms with Gasteiger partial charge in [-0.25, -0.2) is 4.98 Å². The molecule has 0 spiro atoms. The number of amides is 1. The Hall–Kier alpha value is -1.14. The molecule has 1 amide bonds. The summed E-state index contributed by atoms with van der Waals surface area (Å²) in [4.78, 5) is 19.3. The van der Waals surface area contributed by atoms with E-state index in [2.05, 4.69) is 15.2 Å². The number of aromatic nitrogens is 1. The first-order chi connectivity index (χ1) is 8.76. The molecule has 2 aliphatic heterocycles. The van der Waals surface area contributed by atoms with Gasteiger partial charge < -0.3 is 16.0 Å². The Balaban J connectivity index is 1.68. The Kier molecular flexibility index (Phi) is 3.22. The van der Waals surface area contributed by atoms with Gasteiger partial charge in [-0.15, -0.1) is 11.3 Å². The van der Waals surface area contributed by atoms with Crippen LogP contribution in [0.4, 0.5) is 5.13 Å². The Labute approximate surface area is 110 Å². The van der Waals surface area contributed by atoms with Crippen molar-refractivity contribution in [3.8, 4) is 0 Å². The third kappa shape index (κ3) is 2.22. The van der Waals surface area contributed by atoms with Gasteiger partial charge in [0.15, 0.2) is 5.13 Å². The van der Waals surface area contributed by atoms with E-state index >= 15 is 0 Å². The van der Waals surface area contributed by atoms with Crippen molar-refractivity contribution in [2.24, 2.45) is 11.7 Å². The van der Waals surface area contributed by atoms with Gasteiger partial charge in [0.1, 0.15) is 0 Å². The third-order valence-corrected chi connectivity index (χ3v) is 4.92. The normalized spacial score (nSPS) is 27.8. The Morgan fingerprint density at radius 2 is 2.44 bits per heavy atom. The topological polar surface area (TPSA) is 71.2 Å². The second kappa shape index (κ2) is 4.85. The molecule has 0 saturated carbocycles. The number of fused-ring (bicyclic) bond motifs is 1. The summed E-state index contributed by atoms with van der Waals surface area (Å²) in [6.45, 7) is 2.54. The predicted molar refractivity (Wildman–Crippen MR) is 71.5 cm³/mol. The van der Waals surface area contributed by atoms with Gasteiger partial charge in [0.2, 0.25) is 5.91 Å². The van der Waals surface area contributed by atoms with Crippen molar-refractivity contribution in [3.05, 3.63) is 11.1 Å². The van der Waals surface area contributed by atoms with Crippen LogP contribution in [0.5, 0.6) is 0 Å². The molecule has 2 fully saturated rings. The van der Waals surface area contributed by atoms with Crippen molar-refractivity contribution in [2.75, 3.05) is 18.0 Å². The number of thiazole rings is 1. The van der Waals surface area contributed by atoms with E-state index in [1.807, 2.05) is 6.20 Å². The summed E-state index contributed by atoms with van der Waals surface area (Å²) in [5, 5.41) is 4.18. The van der Waals surface area contributed by atoms with Crippen LogP contribution in [-0.4, -0.2) is 30.0 Å². The number of hydrogen-bond acceptors (Lipinski definition) is 5. The number of piperidine rings is 2. The average Bonchev–Trinajstić information content (AvgIpc) is 2.87. The highest BCUT2D eigenvalue weighted by atomic mass is 32.1. The van der Waals surface area contributed by atoms with Crippen LogP contribution in [0.1, 0.15) is 24.1 Å². The van der Waals surface area contributed by atoms with Crippen LogP contribution in [0.15, 0.2) is 6.20 Å². The molecule has 18 heavy (non-hydrogen) atoms. The molecule has 6 heteroatoms. The molecule has 0 bridgehead atoms. The van der Waals surface area contributed by atoms with E-state index in [0.29, 0.717) is 24.9 Å². The zero-order chi connectivity index (χ0) is 12.5. The molecular formula is C12H18N4OS. The van der Waals surface area contributed by atoms with Crippen molar-refractivity contribution in [2.45, 2.75) is 31.8 Å². The van der Waals surface area contributed by atoms with Gasteiger partial charge in [-0.3, -0.25) is 4.79 Å². The number of nitrogens with two attached hydrogens (primary N) is 1. The molecule has 2 unspecified atom stereocenters. The Morgan fingerprint density at radius 1 is 1.56 bits per heavy atom. The zero-order valence-electron chi connectivity index (χ0n) is 10.3. The van der Waals surface area contributed by atoms with E-state index in [9.17, 15) is 4.79 Å². The highest BCUT2D eigenvalue weighted by Crippen LogP contribution is 2.30. The fourth-order valence-electron chi connectivity index (χ4n) is 2.82. The Bertz CT molecular complexity index is 447. The molecule has 1 aromatic heterocycles. The summed E-state index contributed by atoms with van der Waals surface area (Å²) in [6, 6.07) is 0.372. The molecule has 2 aliphatic rings. The maximum absolute atomic E-state index is 11.4. The molecule has 3 rings (SSSR count). The van der Waals surface area contributed by atoms with Gasteiger partial charge in [0.05, 0.1) is 0 Å². The molecule has 2 atom stereocenters. The summed E-state index contributed by atoms with van der Waals surface area (Å²) in [5.74, 6) is 0.783. The summed E-state index contributed by atoms with van der Waals surface area (Å²) in [6.07, 6.45) is 4.56. The molecule has 5 nitrogen and oxygen atoms in total. The first kappa shape index (κ1) is 11.9. The zero-order valence-corrected chi connectivity index (χ0v) is 11.1. The summed E-state index contributed by atoms with van der Waals surface area (Å²) >= 11 is 1.68. The molecule has 2 saturated heterocycles. The highest BCUT2D eigenvalue weighted by molar-refractivity contribution is 7.15. The third-order valence-electron chi connectivity index (χ3n) is 3.84. The second-order valence-corrected chi connectivity index (χ2v) is 6.11. The lowest BCUT2D eigenvalue weighted by Gasteiger charge is -2.41. The fourth-order valence-corrected chi connectivity index (χ4v) is 3.65. The molecule has 1 aromatic rings. The minimum atomic E-state index is 0.212. The molecular weight excluding hydrogens is 248 g/mol. The maximum Gasteiger partial charge on any atom is 0.220 e. The summed E-state index contributed by atoms with van der Waals surface area (Å²) < 4.78 is 0. The lowest BCUT2D eigenvalue weighted by molar-refractivity contribution is -0.124. The number of hydrogen-bond donors (Lipinski definition) is 2. The number of carbonyl (C=O) groups excluding carboxylic acids is 1. The van der Waals surface area contributed by atoms with E-state index in [-0.39, 0.29) is 5.91 Å². The number of nitrogens with one attached hydrogen (secondary N) is 1. The number of anilines is 1. The van der Waals surface area contributed by atoms with Crippen molar-refractivity contribution >= 4 is 22.4 Å². The van der Waals surface area contributed by atoms with E-state index < -0.39 is 0 Å². The molecule has 3 N–H and O–H groups in total. The predicted octanol–water partition coefficient (Wildman–Crippen LogP) is 0.707. The minimum Gasteiger partial charge on any atom is -0.353 e. The van der Waals surface area contributed by atoms with Crippen LogP contribution in [0.2, 0.25) is 0 Å². The number of nitrogens with zero attached hydrogens (tertiary/aromatic N) is 2. The smallest absolute Gasteiger partial charge is 0.220 e. The van der Waals surface area contributed by atoms with Gasteiger partial charge in [-0.2, -0.15) is 0 Å². The van der Waals surface area contributed by atoms with Crippen LogP contribution in [0.25, 0.3) is 0 Å². The standard InChI is InChI=1S/C12H18N4OS/c13-5-9-6-14-12(18-9)16-4-3-10-8(7-16)1-2-11(17)15-10/h6,8,10H,1-5,7,13H2,(H,15,17). The number of carbonyl (C=O) groups is 1. The van der Waals surface area contributed by atoms with E-state index in [1.165, 1.54) is 0 Å². The first-order valence-electron chi connectivity index (χ1n) is 6.45. The van der Waals surface area contributed by atoms with E-state index in [4.69, 9.17) is 5.73 Å². The van der Waals surface area contributed by atoms with Gasteiger partial charge in [-0.1, -0.05) is 0 Å². The van der Waals surface area contributed by atoms with Crippen molar-refractivity contribution in [3.63, 3.8) is 0 Å². The van der Waals surface area contributed by atoms with Gasteiger partial charge in [0, 0.05) is 43.2 Å². The molecule has 0 aromatic carbocycles. The fraction of sp³-hybridized carbons (Fsp3) is 0.667. The largest absolute Gasteiger partial charge is 0.353 e. The molecule has 0 radical (unpaired) electrons. The molecule has 0 aliphatic carbocycles. The van der Waals surface area contributed by atoms with Crippen molar-refractivity contribution < 1.29 is 4.79 Å². The molecule has 3 heterocycles. The van der Waals surface area contributed by atoms with Crippen molar-refractivity contribution in [1.82, 2.24) is 10.3 Å². The first-order valence-corrected chi connectivity index (χ1v) is 7.27. The lowest BCUT2D eigenvalue weighted by Crippen LogP contribution is -2.54. The summed E-state index contributed by atoms with van der Waals surface area (Å²) in [5.41, 5.74) is 5.62. The van der Waals surface area contributed by atoms with Crippen molar-refractivity contribution in [1.29, 1.82) is 0 Å². The van der Waals surface area contributed by atoms with E-state index in [1.54, 1.807) is 11.3 Å². The monoisotopic (exact) mass is 266 g/mol. The van der Waals surface area contributed by atoms with Gasteiger partial charge >= 0.3 is 0 Å². The quantitative estimate of drug-likeness (QED) is 0.827. The molecule has 98 valence electrons. The minimum absolute atomic E-state index is 0.212. The summed E-state index contributed by atoms with van der Waals surface area (Å²) in [7, 11) is 0.